The number of sulfone groups is 1. The van der Waals surface area contributed by atoms with Crippen LogP contribution in [0.2, 0.25) is 5.02 Å². The van der Waals surface area contributed by atoms with E-state index >= 15 is 0 Å². The molecule has 15 heavy (non-hydrogen) atoms. The van der Waals surface area contributed by atoms with Crippen molar-refractivity contribution in [3.05, 3.63) is 29.3 Å². The van der Waals surface area contributed by atoms with Gasteiger partial charge in [-0.2, -0.15) is 0 Å². The maximum Gasteiger partial charge on any atom is 0.336 e. The molecule has 1 aromatic carbocycles. The Kier molecular flexibility index (Phi) is 3.33. The molecule has 1 rings (SSSR count). The zero-order valence-corrected chi connectivity index (χ0v) is 8.99. The number of rotatable bonds is 3. The minimum absolute atomic E-state index is 0.165. The van der Waals surface area contributed by atoms with E-state index < -0.39 is 21.2 Å². The van der Waals surface area contributed by atoms with Gasteiger partial charge in [0, 0.05) is 5.02 Å². The number of benzene rings is 1. The van der Waals surface area contributed by atoms with Gasteiger partial charge in [-0.05, 0) is 24.3 Å². The quantitative estimate of drug-likeness (QED) is 0.812. The van der Waals surface area contributed by atoms with Gasteiger partial charge < -0.3 is 10.8 Å². The summed E-state index contributed by atoms with van der Waals surface area (Å²) < 4.78 is 23.1. The van der Waals surface area contributed by atoms with Crippen LogP contribution in [-0.2, 0) is 14.6 Å². The molecule has 0 spiro atoms. The van der Waals surface area contributed by atoms with E-state index in [0.29, 0.717) is 5.02 Å². The van der Waals surface area contributed by atoms with Gasteiger partial charge in [0.05, 0.1) is 4.90 Å². The molecule has 1 aromatic rings. The molecule has 0 aliphatic rings. The van der Waals surface area contributed by atoms with E-state index in [2.05, 4.69) is 0 Å². The third kappa shape index (κ3) is 2.47. The lowest BCUT2D eigenvalue weighted by Crippen LogP contribution is -2.38. The summed E-state index contributed by atoms with van der Waals surface area (Å²) in [6, 6.07) is 5.12. The molecule has 0 saturated heterocycles. The van der Waals surface area contributed by atoms with E-state index in [1.807, 2.05) is 0 Å². The molecule has 0 aliphatic heterocycles. The maximum absolute atomic E-state index is 11.5. The van der Waals surface area contributed by atoms with Crippen molar-refractivity contribution < 1.29 is 18.3 Å². The summed E-state index contributed by atoms with van der Waals surface area (Å²) in [5, 5.41) is 6.90. The molecule has 3 N–H and O–H groups in total. The molecular formula is C8H8ClNO4S. The Morgan fingerprint density at radius 1 is 1.33 bits per heavy atom. The number of hydrogen-bond acceptors (Lipinski definition) is 4. The van der Waals surface area contributed by atoms with E-state index in [-0.39, 0.29) is 4.90 Å². The number of carboxylic acids is 1. The summed E-state index contributed by atoms with van der Waals surface area (Å²) >= 11 is 5.56. The summed E-state index contributed by atoms with van der Waals surface area (Å²) in [7, 11) is -4.04. The van der Waals surface area contributed by atoms with E-state index in [1.165, 1.54) is 24.3 Å². The Morgan fingerprint density at radius 3 is 2.20 bits per heavy atom. The molecule has 0 heterocycles. The molecule has 0 radical (unpaired) electrons. The minimum Gasteiger partial charge on any atom is -0.479 e. The lowest BCUT2D eigenvalue weighted by Gasteiger charge is -2.08. The highest BCUT2D eigenvalue weighted by Crippen LogP contribution is 2.17. The fraction of sp³-hybridized carbons (Fsp3) is 0.125. The van der Waals surface area contributed by atoms with Gasteiger partial charge in [0.15, 0.2) is 0 Å². The molecule has 0 aliphatic carbocycles. The van der Waals surface area contributed by atoms with Gasteiger partial charge in [-0.1, -0.05) is 11.6 Å². The fourth-order valence-electron chi connectivity index (χ4n) is 0.904. The Hall–Kier alpha value is -1.11. The molecule has 0 bridgehead atoms. The first kappa shape index (κ1) is 12.0. The molecular weight excluding hydrogens is 242 g/mol. The van der Waals surface area contributed by atoms with E-state index in [4.69, 9.17) is 22.4 Å². The first-order valence-electron chi connectivity index (χ1n) is 3.83. The third-order valence-electron chi connectivity index (χ3n) is 1.72. The number of hydrogen-bond donors (Lipinski definition) is 2. The SMILES string of the molecule is NC(C(=O)O)S(=O)(=O)c1ccc(Cl)cc1. The summed E-state index contributed by atoms with van der Waals surface area (Å²) in [4.78, 5) is 10.3. The standard InChI is InChI=1S/C8H8ClNO4S/c9-5-1-3-6(4-2-5)15(13,14)7(10)8(11)12/h1-4,7H,10H2,(H,11,12). The van der Waals surface area contributed by atoms with Crippen molar-refractivity contribution in [2.45, 2.75) is 10.3 Å². The molecule has 0 amide bonds. The highest BCUT2D eigenvalue weighted by atomic mass is 35.5. The van der Waals surface area contributed by atoms with Crippen LogP contribution in [0.25, 0.3) is 0 Å². The van der Waals surface area contributed by atoms with Crippen molar-refractivity contribution in [1.29, 1.82) is 0 Å². The largest absolute Gasteiger partial charge is 0.479 e. The zero-order chi connectivity index (χ0) is 11.6. The number of carboxylic acid groups (broad SMARTS) is 1. The van der Waals surface area contributed by atoms with Gasteiger partial charge in [-0.15, -0.1) is 0 Å². The summed E-state index contributed by atoms with van der Waals surface area (Å²) in [5.74, 6) is -1.59. The van der Waals surface area contributed by atoms with Gasteiger partial charge in [0.2, 0.25) is 15.2 Å². The Balaban J connectivity index is 3.17. The zero-order valence-electron chi connectivity index (χ0n) is 7.42. The van der Waals surface area contributed by atoms with Crippen LogP contribution in [-0.4, -0.2) is 24.9 Å². The van der Waals surface area contributed by atoms with E-state index in [1.54, 1.807) is 0 Å². The number of nitrogens with two attached hydrogens (primary N) is 1. The molecule has 0 aromatic heterocycles. The van der Waals surface area contributed by atoms with Crippen LogP contribution >= 0.6 is 11.6 Å². The average Bonchev–Trinajstić information content (AvgIpc) is 2.17. The first-order chi connectivity index (χ1) is 6.85. The van der Waals surface area contributed by atoms with Crippen LogP contribution in [0.5, 0.6) is 0 Å². The van der Waals surface area contributed by atoms with Crippen LogP contribution in [0.3, 0.4) is 0 Å². The summed E-state index contributed by atoms with van der Waals surface area (Å²) in [6.45, 7) is 0. The van der Waals surface area contributed by atoms with Crippen LogP contribution in [0.4, 0.5) is 0 Å². The van der Waals surface area contributed by atoms with Crippen LogP contribution in [0, 0.1) is 0 Å². The van der Waals surface area contributed by atoms with Crippen LogP contribution < -0.4 is 5.73 Å². The highest BCUT2D eigenvalue weighted by Gasteiger charge is 2.29. The lowest BCUT2D eigenvalue weighted by molar-refractivity contribution is -0.136. The van der Waals surface area contributed by atoms with E-state index in [0.717, 1.165) is 0 Å². The van der Waals surface area contributed by atoms with Crippen LogP contribution in [0.1, 0.15) is 0 Å². The van der Waals surface area contributed by atoms with Crippen molar-refractivity contribution in [2.24, 2.45) is 5.73 Å². The normalized spacial score (nSPS) is 13.5. The average molecular weight is 250 g/mol. The molecule has 1 unspecified atom stereocenters. The minimum atomic E-state index is -4.04. The predicted octanol–water partition coefficient (Wildman–Crippen LogP) is 0.483. The molecule has 1 atom stereocenters. The monoisotopic (exact) mass is 249 g/mol. The van der Waals surface area contributed by atoms with Crippen molar-refractivity contribution in [3.63, 3.8) is 0 Å². The van der Waals surface area contributed by atoms with Crippen molar-refractivity contribution in [2.75, 3.05) is 0 Å². The Morgan fingerprint density at radius 2 is 1.80 bits per heavy atom. The number of aliphatic carboxylic acids is 1. The molecule has 7 heteroatoms. The van der Waals surface area contributed by atoms with Gasteiger partial charge in [-0.25, -0.2) is 13.2 Å². The smallest absolute Gasteiger partial charge is 0.336 e. The Bertz CT molecular complexity index is 468. The van der Waals surface area contributed by atoms with Gasteiger partial charge in [0.25, 0.3) is 0 Å². The topological polar surface area (TPSA) is 97.5 Å². The Labute approximate surface area is 91.4 Å². The second-order valence-electron chi connectivity index (χ2n) is 2.76. The van der Waals surface area contributed by atoms with Gasteiger partial charge in [-0.3, -0.25) is 0 Å². The highest BCUT2D eigenvalue weighted by molar-refractivity contribution is 7.92. The fourth-order valence-corrected chi connectivity index (χ4v) is 2.10. The lowest BCUT2D eigenvalue weighted by atomic mass is 10.4. The summed E-state index contributed by atoms with van der Waals surface area (Å²) in [5.41, 5.74) is 5.04. The van der Waals surface area contributed by atoms with Gasteiger partial charge >= 0.3 is 5.97 Å². The van der Waals surface area contributed by atoms with Crippen LogP contribution in [0.15, 0.2) is 29.2 Å². The molecule has 0 fully saturated rings. The second-order valence-corrected chi connectivity index (χ2v) is 5.26. The van der Waals surface area contributed by atoms with Crippen molar-refractivity contribution >= 4 is 27.4 Å². The van der Waals surface area contributed by atoms with Crippen molar-refractivity contribution in [3.8, 4) is 0 Å². The molecule has 0 saturated carbocycles. The first-order valence-corrected chi connectivity index (χ1v) is 5.76. The number of carbonyl (C=O) groups is 1. The summed E-state index contributed by atoms with van der Waals surface area (Å²) in [6.07, 6.45) is 0. The number of halogens is 1. The molecule has 5 nitrogen and oxygen atoms in total. The third-order valence-corrected chi connectivity index (χ3v) is 3.77. The second kappa shape index (κ2) is 4.18. The van der Waals surface area contributed by atoms with E-state index in [9.17, 15) is 13.2 Å². The predicted molar refractivity (Wildman–Crippen MR) is 54.2 cm³/mol. The van der Waals surface area contributed by atoms with Crippen molar-refractivity contribution in [1.82, 2.24) is 0 Å². The van der Waals surface area contributed by atoms with Gasteiger partial charge in [0.1, 0.15) is 0 Å². The maximum atomic E-state index is 11.5. The molecule has 82 valence electrons.